The number of nitrogens with zero attached hydrogens (tertiary/aromatic N) is 1. The van der Waals surface area contributed by atoms with Crippen molar-refractivity contribution in [3.8, 4) is 0 Å². The third-order valence-corrected chi connectivity index (χ3v) is 2.00. The third-order valence-electron chi connectivity index (χ3n) is 2.00. The Labute approximate surface area is 79.4 Å². The minimum Gasteiger partial charge on any atom is -0.474 e. The summed E-state index contributed by atoms with van der Waals surface area (Å²) >= 11 is 0. The average molecular weight is 189 g/mol. The van der Waals surface area contributed by atoms with Crippen LogP contribution >= 0.6 is 0 Å². The van der Waals surface area contributed by atoms with E-state index >= 15 is 0 Å². The fourth-order valence-electron chi connectivity index (χ4n) is 1.36. The first-order valence-electron chi connectivity index (χ1n) is 4.04. The second-order valence-corrected chi connectivity index (χ2v) is 2.85. The maximum Gasteiger partial charge on any atom is 0.395 e. The Kier molecular flexibility index (Phi) is 1.81. The molecule has 14 heavy (non-hydrogen) atoms. The van der Waals surface area contributed by atoms with Crippen molar-refractivity contribution >= 4 is 22.8 Å². The average Bonchev–Trinajstić information content (AvgIpc) is 2.60. The summed E-state index contributed by atoms with van der Waals surface area (Å²) in [5.74, 6) is -2.39. The highest BCUT2D eigenvalue weighted by Gasteiger charge is 2.15. The Morgan fingerprint density at radius 1 is 1.14 bits per heavy atom. The van der Waals surface area contributed by atoms with Crippen molar-refractivity contribution in [3.63, 3.8) is 0 Å². The molecule has 0 atom stereocenters. The molecule has 0 aliphatic rings. The van der Waals surface area contributed by atoms with Gasteiger partial charge in [0.2, 0.25) is 0 Å². The predicted octanol–water partition coefficient (Wildman–Crippen LogP) is 1.37. The molecule has 4 heteroatoms. The number of carboxylic acids is 1. The smallest absolute Gasteiger partial charge is 0.395 e. The minimum absolute atomic E-state index is 0.611. The SMILES string of the molecule is O=C(O)C(=O)n1ccc2ccccc21. The molecule has 0 aliphatic carbocycles. The Hall–Kier alpha value is -2.10. The van der Waals surface area contributed by atoms with Crippen LogP contribution in [0, 0.1) is 0 Å². The summed E-state index contributed by atoms with van der Waals surface area (Å²) < 4.78 is 1.12. The number of benzene rings is 1. The predicted molar refractivity (Wildman–Crippen MR) is 50.2 cm³/mol. The number of carbonyl (C=O) groups excluding carboxylic acids is 1. The number of rotatable bonds is 0. The monoisotopic (exact) mass is 189 g/mol. The molecular formula is C10H7NO3. The first-order chi connectivity index (χ1) is 6.70. The quantitative estimate of drug-likeness (QED) is 0.636. The first kappa shape index (κ1) is 8.50. The summed E-state index contributed by atoms with van der Waals surface area (Å²) in [7, 11) is 0. The number of aliphatic carboxylic acids is 1. The molecule has 0 bridgehead atoms. The van der Waals surface area contributed by atoms with Crippen LogP contribution in [0.1, 0.15) is 4.79 Å². The zero-order valence-electron chi connectivity index (χ0n) is 7.18. The Bertz CT molecular complexity index is 513. The fourth-order valence-corrected chi connectivity index (χ4v) is 1.36. The van der Waals surface area contributed by atoms with Gasteiger partial charge in [0.1, 0.15) is 0 Å². The number of para-hydroxylation sites is 1. The molecule has 0 radical (unpaired) electrons. The molecule has 0 amide bonds. The normalized spacial score (nSPS) is 10.3. The highest BCUT2D eigenvalue weighted by molar-refractivity contribution is 6.33. The molecule has 0 aliphatic heterocycles. The van der Waals surface area contributed by atoms with Crippen molar-refractivity contribution in [3.05, 3.63) is 36.5 Å². The molecule has 70 valence electrons. The maximum absolute atomic E-state index is 11.2. The van der Waals surface area contributed by atoms with E-state index in [0.29, 0.717) is 5.52 Å². The standard InChI is InChI=1S/C10H7NO3/c12-9(10(13)14)11-6-5-7-3-1-2-4-8(7)11/h1-6H,(H,13,14). The van der Waals surface area contributed by atoms with E-state index in [-0.39, 0.29) is 0 Å². The Balaban J connectivity index is 2.64. The second-order valence-electron chi connectivity index (χ2n) is 2.85. The number of carboxylic acid groups (broad SMARTS) is 1. The number of fused-ring (bicyclic) bond motifs is 1. The van der Waals surface area contributed by atoms with E-state index in [1.165, 1.54) is 6.20 Å². The van der Waals surface area contributed by atoms with E-state index in [0.717, 1.165) is 9.95 Å². The molecule has 0 fully saturated rings. The van der Waals surface area contributed by atoms with Crippen molar-refractivity contribution in [2.24, 2.45) is 0 Å². The molecule has 1 aromatic heterocycles. The second kappa shape index (κ2) is 2.99. The van der Waals surface area contributed by atoms with Gasteiger partial charge in [0.15, 0.2) is 0 Å². The molecule has 0 saturated heterocycles. The number of hydrogen-bond acceptors (Lipinski definition) is 2. The van der Waals surface area contributed by atoms with Crippen molar-refractivity contribution in [1.82, 2.24) is 4.57 Å². The van der Waals surface area contributed by atoms with Crippen LogP contribution in [0.3, 0.4) is 0 Å². The Morgan fingerprint density at radius 3 is 2.57 bits per heavy atom. The molecule has 0 saturated carbocycles. The summed E-state index contributed by atoms with van der Waals surface area (Å²) in [5.41, 5.74) is 0.611. The van der Waals surface area contributed by atoms with Crippen LogP contribution in [-0.2, 0) is 4.79 Å². The summed E-state index contributed by atoms with van der Waals surface area (Å²) in [6.45, 7) is 0. The Morgan fingerprint density at radius 2 is 1.86 bits per heavy atom. The number of hydrogen-bond donors (Lipinski definition) is 1. The molecule has 2 rings (SSSR count). The lowest BCUT2D eigenvalue weighted by Crippen LogP contribution is -2.19. The summed E-state index contributed by atoms with van der Waals surface area (Å²) in [6.07, 6.45) is 1.46. The van der Waals surface area contributed by atoms with Gasteiger partial charge in [-0.15, -0.1) is 0 Å². The van der Waals surface area contributed by atoms with E-state index < -0.39 is 11.9 Å². The lowest BCUT2D eigenvalue weighted by molar-refractivity contribution is -0.132. The largest absolute Gasteiger partial charge is 0.474 e. The highest BCUT2D eigenvalue weighted by Crippen LogP contribution is 2.14. The van der Waals surface area contributed by atoms with Crippen molar-refractivity contribution in [2.45, 2.75) is 0 Å². The lowest BCUT2D eigenvalue weighted by atomic mass is 10.2. The molecule has 1 N–H and O–H groups in total. The van der Waals surface area contributed by atoms with Gasteiger partial charge in [0, 0.05) is 11.6 Å². The van der Waals surface area contributed by atoms with E-state index in [1.807, 2.05) is 12.1 Å². The van der Waals surface area contributed by atoms with E-state index in [2.05, 4.69) is 0 Å². The van der Waals surface area contributed by atoms with Gasteiger partial charge in [-0.05, 0) is 12.1 Å². The zero-order valence-corrected chi connectivity index (χ0v) is 7.18. The van der Waals surface area contributed by atoms with Gasteiger partial charge in [0.05, 0.1) is 5.52 Å². The summed E-state index contributed by atoms with van der Waals surface area (Å²) in [5, 5.41) is 9.39. The number of carbonyl (C=O) groups is 2. The van der Waals surface area contributed by atoms with Crippen LogP contribution < -0.4 is 0 Å². The summed E-state index contributed by atoms with van der Waals surface area (Å²) in [6, 6.07) is 8.82. The topological polar surface area (TPSA) is 59.3 Å². The number of aromatic nitrogens is 1. The van der Waals surface area contributed by atoms with Crippen LogP contribution in [0.5, 0.6) is 0 Å². The molecule has 0 spiro atoms. The molecule has 1 heterocycles. The molecule has 2 aromatic rings. The van der Waals surface area contributed by atoms with Gasteiger partial charge in [-0.2, -0.15) is 0 Å². The van der Waals surface area contributed by atoms with Crippen molar-refractivity contribution in [2.75, 3.05) is 0 Å². The summed E-state index contributed by atoms with van der Waals surface area (Å²) in [4.78, 5) is 21.7. The van der Waals surface area contributed by atoms with Gasteiger partial charge in [-0.25, -0.2) is 4.79 Å². The van der Waals surface area contributed by atoms with Gasteiger partial charge in [-0.3, -0.25) is 9.36 Å². The maximum atomic E-state index is 11.2. The van der Waals surface area contributed by atoms with E-state index in [9.17, 15) is 9.59 Å². The van der Waals surface area contributed by atoms with Crippen molar-refractivity contribution in [1.29, 1.82) is 0 Å². The third kappa shape index (κ3) is 1.17. The highest BCUT2D eigenvalue weighted by atomic mass is 16.4. The fraction of sp³-hybridized carbons (Fsp3) is 0. The molecular weight excluding hydrogens is 182 g/mol. The van der Waals surface area contributed by atoms with Gasteiger partial charge in [-0.1, -0.05) is 18.2 Å². The van der Waals surface area contributed by atoms with Crippen molar-refractivity contribution < 1.29 is 14.7 Å². The van der Waals surface area contributed by atoms with Gasteiger partial charge < -0.3 is 5.11 Å². The van der Waals surface area contributed by atoms with Gasteiger partial charge in [0.25, 0.3) is 0 Å². The zero-order chi connectivity index (χ0) is 10.1. The van der Waals surface area contributed by atoms with E-state index in [4.69, 9.17) is 5.11 Å². The lowest BCUT2D eigenvalue weighted by Gasteiger charge is -1.98. The van der Waals surface area contributed by atoms with Crippen LogP contribution in [0.25, 0.3) is 10.9 Å². The van der Waals surface area contributed by atoms with Gasteiger partial charge >= 0.3 is 11.9 Å². The van der Waals surface area contributed by atoms with Crippen LogP contribution in [0.15, 0.2) is 36.5 Å². The minimum atomic E-state index is -1.45. The van der Waals surface area contributed by atoms with E-state index in [1.54, 1.807) is 18.2 Å². The van der Waals surface area contributed by atoms with Crippen LogP contribution in [-0.4, -0.2) is 21.6 Å². The van der Waals surface area contributed by atoms with Crippen LogP contribution in [0.2, 0.25) is 0 Å². The first-order valence-corrected chi connectivity index (χ1v) is 4.04. The molecule has 0 unspecified atom stereocenters. The van der Waals surface area contributed by atoms with Crippen LogP contribution in [0.4, 0.5) is 0 Å². The molecule has 1 aromatic carbocycles. The molecule has 4 nitrogen and oxygen atoms in total.